The van der Waals surface area contributed by atoms with Gasteiger partial charge in [-0.2, -0.15) is 0 Å². The van der Waals surface area contributed by atoms with E-state index in [1.54, 1.807) is 42.0 Å². The van der Waals surface area contributed by atoms with Crippen molar-refractivity contribution >= 4 is 29.2 Å². The third kappa shape index (κ3) is 5.96. The zero-order chi connectivity index (χ0) is 25.8. The first-order valence-electron chi connectivity index (χ1n) is 12.4. The number of hydrogen-bond donors (Lipinski definition) is 3. The molecule has 0 spiro atoms. The molecule has 0 unspecified atom stereocenters. The van der Waals surface area contributed by atoms with Gasteiger partial charge >= 0.3 is 6.03 Å². The summed E-state index contributed by atoms with van der Waals surface area (Å²) in [6.07, 6.45) is 1.35. The summed E-state index contributed by atoms with van der Waals surface area (Å²) in [5, 5.41) is 15.6. The predicted molar refractivity (Wildman–Crippen MR) is 137 cm³/mol. The van der Waals surface area contributed by atoms with Gasteiger partial charge in [0.15, 0.2) is 0 Å². The molecule has 4 amide bonds. The Hall–Kier alpha value is -3.59. The predicted octanol–water partition coefficient (Wildman–Crippen LogP) is 3.42. The van der Waals surface area contributed by atoms with Crippen LogP contribution in [-0.4, -0.2) is 71.6 Å². The molecule has 0 aromatic heterocycles. The fourth-order valence-corrected chi connectivity index (χ4v) is 4.20. The van der Waals surface area contributed by atoms with E-state index >= 15 is 0 Å². The molecule has 1 heterocycles. The molecule has 2 aromatic carbocycles. The van der Waals surface area contributed by atoms with Gasteiger partial charge in [0.1, 0.15) is 11.9 Å². The summed E-state index contributed by atoms with van der Waals surface area (Å²) in [5.41, 5.74) is 1.54. The normalized spacial score (nSPS) is 20.3. The second-order valence-corrected chi connectivity index (χ2v) is 9.77. The maximum absolute atomic E-state index is 13.5. The average Bonchev–Trinajstić information content (AvgIpc) is 3.72. The largest absolute Gasteiger partial charge is 0.487 e. The Balaban J connectivity index is 1.57. The minimum Gasteiger partial charge on any atom is -0.487 e. The van der Waals surface area contributed by atoms with E-state index < -0.39 is 12.1 Å². The molecule has 192 valence electrons. The number of likely N-dealkylation sites (N-methyl/N-ethyl adjacent to an activating group) is 1. The smallest absolute Gasteiger partial charge is 0.321 e. The quantitative estimate of drug-likeness (QED) is 0.546. The maximum atomic E-state index is 13.5. The SMILES string of the molecule is C[C@@H]1CN([C@@H](C)CO)C(=O)c2cc(NC(=O)C3CC3)ccc2O[C@@H]1CN(C)C(=O)Nc1ccccc1. The summed E-state index contributed by atoms with van der Waals surface area (Å²) in [7, 11) is 1.70. The van der Waals surface area contributed by atoms with E-state index in [2.05, 4.69) is 10.6 Å². The van der Waals surface area contributed by atoms with E-state index in [1.807, 2.05) is 37.3 Å². The Bertz CT molecular complexity index is 1100. The molecule has 9 nitrogen and oxygen atoms in total. The fraction of sp³-hybridized carbons (Fsp3) is 0.444. The lowest BCUT2D eigenvalue weighted by Gasteiger charge is -2.38. The second kappa shape index (κ2) is 11.0. The molecule has 36 heavy (non-hydrogen) atoms. The Morgan fingerprint density at radius 2 is 1.86 bits per heavy atom. The number of aliphatic hydroxyl groups is 1. The van der Waals surface area contributed by atoms with Gasteiger partial charge in [-0.3, -0.25) is 9.59 Å². The van der Waals surface area contributed by atoms with Crippen molar-refractivity contribution in [3.8, 4) is 5.75 Å². The number of nitrogens with one attached hydrogen (secondary N) is 2. The van der Waals surface area contributed by atoms with Gasteiger partial charge in [-0.05, 0) is 50.1 Å². The van der Waals surface area contributed by atoms with Crippen LogP contribution in [0.5, 0.6) is 5.75 Å². The van der Waals surface area contributed by atoms with Crippen LogP contribution in [0.2, 0.25) is 0 Å². The van der Waals surface area contributed by atoms with Crippen molar-refractivity contribution < 1.29 is 24.2 Å². The summed E-state index contributed by atoms with van der Waals surface area (Å²) in [5.74, 6) is -0.0280. The molecule has 4 rings (SSSR count). The molecular formula is C27H34N4O5. The van der Waals surface area contributed by atoms with Crippen LogP contribution in [0.1, 0.15) is 37.0 Å². The fourth-order valence-electron chi connectivity index (χ4n) is 4.20. The summed E-state index contributed by atoms with van der Waals surface area (Å²) in [6.45, 7) is 4.20. The summed E-state index contributed by atoms with van der Waals surface area (Å²) >= 11 is 0. The first-order chi connectivity index (χ1) is 17.3. The maximum Gasteiger partial charge on any atom is 0.321 e. The molecule has 1 saturated carbocycles. The minimum absolute atomic E-state index is 0.0349. The lowest BCUT2D eigenvalue weighted by atomic mass is 9.99. The number of carbonyl (C=O) groups is 3. The summed E-state index contributed by atoms with van der Waals surface area (Å²) in [6, 6.07) is 13.6. The van der Waals surface area contributed by atoms with E-state index in [4.69, 9.17) is 4.74 Å². The van der Waals surface area contributed by atoms with Crippen LogP contribution in [-0.2, 0) is 4.79 Å². The molecule has 0 saturated heterocycles. The van der Waals surface area contributed by atoms with Crippen molar-refractivity contribution in [3.05, 3.63) is 54.1 Å². The molecule has 1 aliphatic carbocycles. The molecule has 9 heteroatoms. The number of urea groups is 1. The first kappa shape index (κ1) is 25.5. The molecule has 3 atom stereocenters. The van der Waals surface area contributed by atoms with Gasteiger partial charge in [-0.1, -0.05) is 25.1 Å². The van der Waals surface area contributed by atoms with Crippen molar-refractivity contribution in [2.24, 2.45) is 11.8 Å². The lowest BCUT2D eigenvalue weighted by molar-refractivity contribution is -0.117. The van der Waals surface area contributed by atoms with Crippen LogP contribution in [0.3, 0.4) is 0 Å². The highest BCUT2D eigenvalue weighted by Crippen LogP contribution is 2.33. The van der Waals surface area contributed by atoms with Crippen molar-refractivity contribution in [2.75, 3.05) is 37.4 Å². The zero-order valence-electron chi connectivity index (χ0n) is 20.9. The molecule has 3 N–H and O–H groups in total. The van der Waals surface area contributed by atoms with Crippen LogP contribution in [0.4, 0.5) is 16.2 Å². The second-order valence-electron chi connectivity index (χ2n) is 9.77. The van der Waals surface area contributed by atoms with Gasteiger partial charge < -0.3 is 30.3 Å². The summed E-state index contributed by atoms with van der Waals surface area (Å²) < 4.78 is 6.33. The number of fused-ring (bicyclic) bond motifs is 1. The molecule has 0 radical (unpaired) electrons. The summed E-state index contributed by atoms with van der Waals surface area (Å²) in [4.78, 5) is 41.8. The molecule has 1 aliphatic heterocycles. The van der Waals surface area contributed by atoms with Gasteiger partial charge in [0.25, 0.3) is 5.91 Å². The number of anilines is 2. The van der Waals surface area contributed by atoms with Crippen LogP contribution >= 0.6 is 0 Å². The van der Waals surface area contributed by atoms with E-state index in [-0.39, 0.29) is 42.8 Å². The number of aliphatic hydroxyl groups excluding tert-OH is 1. The van der Waals surface area contributed by atoms with Gasteiger partial charge in [0.2, 0.25) is 5.91 Å². The Morgan fingerprint density at radius 1 is 1.14 bits per heavy atom. The van der Waals surface area contributed by atoms with Crippen molar-refractivity contribution in [1.29, 1.82) is 0 Å². The zero-order valence-corrected chi connectivity index (χ0v) is 20.9. The standard InChI is InChI=1S/C27H34N4O5/c1-17-14-31(18(2)16-32)26(34)22-13-21(28-25(33)19-9-10-19)11-12-23(22)36-24(17)15-30(3)27(35)29-20-7-5-4-6-8-20/h4-8,11-13,17-19,24,32H,9-10,14-16H2,1-3H3,(H,28,33)(H,29,35)/t17-,18+,24-/m1/s1. The monoisotopic (exact) mass is 494 g/mol. The topological polar surface area (TPSA) is 111 Å². The molecule has 0 bridgehead atoms. The lowest BCUT2D eigenvalue weighted by Crippen LogP contribution is -2.50. The number of amides is 4. The van der Waals surface area contributed by atoms with E-state index in [9.17, 15) is 19.5 Å². The highest BCUT2D eigenvalue weighted by atomic mass is 16.5. The average molecular weight is 495 g/mol. The minimum atomic E-state index is -0.413. The van der Waals surface area contributed by atoms with Gasteiger partial charge in [-0.25, -0.2) is 4.79 Å². The number of nitrogens with zero attached hydrogens (tertiary/aromatic N) is 2. The number of hydrogen-bond acceptors (Lipinski definition) is 5. The van der Waals surface area contributed by atoms with E-state index in [0.717, 1.165) is 12.8 Å². The first-order valence-corrected chi connectivity index (χ1v) is 12.4. The third-order valence-corrected chi connectivity index (χ3v) is 6.71. The Morgan fingerprint density at radius 3 is 2.53 bits per heavy atom. The van der Waals surface area contributed by atoms with Crippen molar-refractivity contribution in [1.82, 2.24) is 9.80 Å². The van der Waals surface area contributed by atoms with Crippen molar-refractivity contribution in [2.45, 2.75) is 38.8 Å². The van der Waals surface area contributed by atoms with E-state index in [0.29, 0.717) is 29.2 Å². The number of ether oxygens (including phenoxy) is 1. The number of benzene rings is 2. The van der Waals surface area contributed by atoms with Crippen LogP contribution in [0.15, 0.2) is 48.5 Å². The number of rotatable bonds is 7. The molecule has 1 fully saturated rings. The molecule has 2 aromatic rings. The highest BCUT2D eigenvalue weighted by Gasteiger charge is 2.35. The Labute approximate surface area is 211 Å². The molecular weight excluding hydrogens is 460 g/mol. The van der Waals surface area contributed by atoms with Crippen molar-refractivity contribution in [3.63, 3.8) is 0 Å². The number of para-hydroxylation sites is 1. The van der Waals surface area contributed by atoms with Crippen LogP contribution in [0.25, 0.3) is 0 Å². The highest BCUT2D eigenvalue weighted by molar-refractivity contribution is 6.00. The molecule has 2 aliphatic rings. The van der Waals surface area contributed by atoms with Gasteiger partial charge in [-0.15, -0.1) is 0 Å². The van der Waals surface area contributed by atoms with Gasteiger partial charge in [0, 0.05) is 36.8 Å². The van der Waals surface area contributed by atoms with Crippen LogP contribution in [0, 0.1) is 11.8 Å². The van der Waals surface area contributed by atoms with Crippen LogP contribution < -0.4 is 15.4 Å². The van der Waals surface area contributed by atoms with Gasteiger partial charge in [0.05, 0.1) is 24.8 Å². The van der Waals surface area contributed by atoms with E-state index in [1.165, 1.54) is 0 Å². The Kier molecular flexibility index (Phi) is 7.79. The third-order valence-electron chi connectivity index (χ3n) is 6.71. The number of carbonyl (C=O) groups excluding carboxylic acids is 3.